The van der Waals surface area contributed by atoms with Gasteiger partial charge in [-0.25, -0.2) is 0 Å². The number of hydrogen-bond donors (Lipinski definition) is 1. The molecule has 27 heavy (non-hydrogen) atoms. The monoisotopic (exact) mass is 382 g/mol. The fraction of sp³-hybridized carbons (Fsp3) is 0.909. The fourth-order valence-electron chi connectivity index (χ4n) is 3.75. The summed E-state index contributed by atoms with van der Waals surface area (Å²) in [6.07, 6.45) is 2.46. The van der Waals surface area contributed by atoms with Crippen LogP contribution in [0.2, 0.25) is 0 Å². The Morgan fingerprint density at radius 2 is 1.52 bits per heavy atom. The third kappa shape index (κ3) is 8.95. The van der Waals surface area contributed by atoms with E-state index in [-0.39, 0.29) is 5.54 Å². The van der Waals surface area contributed by atoms with Crippen molar-refractivity contribution in [2.45, 2.75) is 65.5 Å². The van der Waals surface area contributed by atoms with Crippen molar-refractivity contribution in [3.05, 3.63) is 12.3 Å². The standard InChI is InChI=1S/C11H24N2O.C11H22N2/c1-11(2,3)13-7-5-12(6-8-13)9-10-14-4;1-9(12)10-6-5-7-13(8-10)11(2,3)4/h5-10H2,1-4H3;10H,1,5-8,12H2,2-4H3. The Morgan fingerprint density at radius 3 is 1.96 bits per heavy atom. The van der Waals surface area contributed by atoms with Crippen molar-refractivity contribution < 1.29 is 4.74 Å². The number of hydrogen-bond acceptors (Lipinski definition) is 5. The van der Waals surface area contributed by atoms with Crippen molar-refractivity contribution in [3.8, 4) is 0 Å². The molecule has 0 aromatic heterocycles. The maximum atomic E-state index is 5.75. The Morgan fingerprint density at radius 1 is 0.963 bits per heavy atom. The van der Waals surface area contributed by atoms with E-state index >= 15 is 0 Å². The van der Waals surface area contributed by atoms with Crippen molar-refractivity contribution in [1.29, 1.82) is 0 Å². The summed E-state index contributed by atoms with van der Waals surface area (Å²) in [4.78, 5) is 7.53. The van der Waals surface area contributed by atoms with Gasteiger partial charge >= 0.3 is 0 Å². The second-order valence-electron chi connectivity index (χ2n) is 10.0. The van der Waals surface area contributed by atoms with Crippen molar-refractivity contribution in [3.63, 3.8) is 0 Å². The predicted octanol–water partition coefficient (Wildman–Crippen LogP) is 3.02. The summed E-state index contributed by atoms with van der Waals surface area (Å²) in [6.45, 7) is 26.4. The molecule has 0 saturated carbocycles. The van der Waals surface area contributed by atoms with Gasteiger partial charge in [0.05, 0.1) is 6.61 Å². The Hall–Kier alpha value is -0.620. The molecule has 2 N–H and O–H groups in total. The summed E-state index contributed by atoms with van der Waals surface area (Å²) < 4.78 is 5.08. The minimum atomic E-state index is 0.272. The van der Waals surface area contributed by atoms with Crippen LogP contribution in [0, 0.1) is 5.92 Å². The van der Waals surface area contributed by atoms with Gasteiger partial charge in [-0.2, -0.15) is 0 Å². The highest BCUT2D eigenvalue weighted by Gasteiger charge is 2.28. The molecular formula is C22H46N4O. The number of ether oxygens (including phenoxy) is 1. The Bertz CT molecular complexity index is 431. The van der Waals surface area contributed by atoms with Crippen LogP contribution in [0.3, 0.4) is 0 Å². The van der Waals surface area contributed by atoms with Crippen LogP contribution in [-0.4, -0.2) is 85.3 Å². The maximum absolute atomic E-state index is 5.75. The van der Waals surface area contributed by atoms with Gasteiger partial charge in [0.15, 0.2) is 0 Å². The number of likely N-dealkylation sites (tertiary alicyclic amines) is 1. The molecule has 1 unspecified atom stereocenters. The van der Waals surface area contributed by atoms with Gasteiger partial charge in [-0.15, -0.1) is 0 Å². The zero-order valence-corrected chi connectivity index (χ0v) is 19.2. The third-order valence-corrected chi connectivity index (χ3v) is 5.83. The highest BCUT2D eigenvalue weighted by Crippen LogP contribution is 2.25. The molecule has 1 atom stereocenters. The molecule has 0 amide bonds. The minimum Gasteiger partial charge on any atom is -0.402 e. The number of piperidine rings is 1. The number of nitrogens with zero attached hydrogens (tertiary/aromatic N) is 3. The molecular weight excluding hydrogens is 336 g/mol. The van der Waals surface area contributed by atoms with Gasteiger partial charge in [0.25, 0.3) is 0 Å². The number of nitrogens with two attached hydrogens (primary N) is 1. The topological polar surface area (TPSA) is 45.0 Å². The molecule has 0 bridgehead atoms. The van der Waals surface area contributed by atoms with Crippen LogP contribution < -0.4 is 5.73 Å². The van der Waals surface area contributed by atoms with E-state index in [1.54, 1.807) is 7.11 Å². The average Bonchev–Trinajstić information content (AvgIpc) is 2.59. The number of piperazine rings is 1. The maximum Gasteiger partial charge on any atom is 0.0589 e. The summed E-state index contributed by atoms with van der Waals surface area (Å²) in [5.74, 6) is 0.507. The molecule has 5 nitrogen and oxygen atoms in total. The summed E-state index contributed by atoms with van der Waals surface area (Å²) in [6, 6.07) is 0. The molecule has 0 aromatic carbocycles. The van der Waals surface area contributed by atoms with Crippen LogP contribution in [0.5, 0.6) is 0 Å². The zero-order valence-electron chi connectivity index (χ0n) is 19.2. The quantitative estimate of drug-likeness (QED) is 0.810. The van der Waals surface area contributed by atoms with E-state index in [1.165, 1.54) is 45.6 Å². The molecule has 0 radical (unpaired) electrons. The van der Waals surface area contributed by atoms with E-state index in [0.717, 1.165) is 25.4 Å². The Kier molecular flexibility index (Phi) is 9.76. The highest BCUT2D eigenvalue weighted by molar-refractivity contribution is 4.99. The van der Waals surface area contributed by atoms with Crippen molar-refractivity contribution in [2.75, 3.05) is 59.5 Å². The van der Waals surface area contributed by atoms with E-state index in [2.05, 4.69) is 62.8 Å². The molecule has 0 spiro atoms. The molecule has 2 aliphatic heterocycles. The van der Waals surface area contributed by atoms with Gasteiger partial charge in [0, 0.05) is 69.1 Å². The predicted molar refractivity (Wildman–Crippen MR) is 117 cm³/mol. The van der Waals surface area contributed by atoms with Gasteiger partial charge in [-0.3, -0.25) is 14.7 Å². The normalized spacial score (nSPS) is 23.6. The van der Waals surface area contributed by atoms with Crippen LogP contribution in [0.15, 0.2) is 12.3 Å². The molecule has 2 heterocycles. The molecule has 2 aliphatic rings. The first-order valence-corrected chi connectivity index (χ1v) is 10.6. The van der Waals surface area contributed by atoms with Gasteiger partial charge < -0.3 is 10.5 Å². The second-order valence-corrected chi connectivity index (χ2v) is 10.0. The highest BCUT2D eigenvalue weighted by atomic mass is 16.5. The molecule has 2 rings (SSSR count). The first-order chi connectivity index (χ1) is 12.4. The number of methoxy groups -OCH3 is 1. The van der Waals surface area contributed by atoms with Crippen LogP contribution in [0.25, 0.3) is 0 Å². The second kappa shape index (κ2) is 10.8. The van der Waals surface area contributed by atoms with E-state index in [0.29, 0.717) is 11.5 Å². The van der Waals surface area contributed by atoms with Crippen LogP contribution >= 0.6 is 0 Å². The molecule has 5 heteroatoms. The van der Waals surface area contributed by atoms with Crippen molar-refractivity contribution in [2.24, 2.45) is 11.7 Å². The summed E-state index contributed by atoms with van der Waals surface area (Å²) in [5, 5.41) is 0. The summed E-state index contributed by atoms with van der Waals surface area (Å²) in [7, 11) is 1.77. The van der Waals surface area contributed by atoms with Crippen LogP contribution in [0.1, 0.15) is 54.4 Å². The van der Waals surface area contributed by atoms with Crippen molar-refractivity contribution in [1.82, 2.24) is 14.7 Å². The number of rotatable bonds is 4. The van der Waals surface area contributed by atoms with Gasteiger partial charge in [0.1, 0.15) is 0 Å². The van der Waals surface area contributed by atoms with E-state index < -0.39 is 0 Å². The fourth-order valence-corrected chi connectivity index (χ4v) is 3.75. The molecule has 2 fully saturated rings. The summed E-state index contributed by atoms with van der Waals surface area (Å²) in [5.41, 5.74) is 7.21. The smallest absolute Gasteiger partial charge is 0.0589 e. The summed E-state index contributed by atoms with van der Waals surface area (Å²) >= 11 is 0. The van der Waals surface area contributed by atoms with E-state index in [4.69, 9.17) is 10.5 Å². The largest absolute Gasteiger partial charge is 0.402 e. The molecule has 0 aromatic rings. The molecule has 160 valence electrons. The minimum absolute atomic E-state index is 0.272. The average molecular weight is 383 g/mol. The lowest BCUT2D eigenvalue weighted by Crippen LogP contribution is -2.53. The van der Waals surface area contributed by atoms with Gasteiger partial charge in [0.2, 0.25) is 0 Å². The van der Waals surface area contributed by atoms with Gasteiger partial charge in [-0.1, -0.05) is 6.58 Å². The van der Waals surface area contributed by atoms with Crippen LogP contribution in [-0.2, 0) is 4.74 Å². The van der Waals surface area contributed by atoms with E-state index in [1.807, 2.05) is 0 Å². The molecule has 2 saturated heterocycles. The third-order valence-electron chi connectivity index (χ3n) is 5.83. The first kappa shape index (κ1) is 24.4. The first-order valence-electron chi connectivity index (χ1n) is 10.6. The SMILES string of the molecule is C=C(N)C1CCCN(C(C)(C)C)C1.COCCN1CCN(C(C)(C)C)CC1. The van der Waals surface area contributed by atoms with Gasteiger partial charge in [-0.05, 0) is 60.9 Å². The lowest BCUT2D eigenvalue weighted by Gasteiger charge is -2.42. The Balaban J connectivity index is 0.000000271. The Labute approximate surface area is 168 Å². The molecule has 0 aliphatic carbocycles. The van der Waals surface area contributed by atoms with Crippen molar-refractivity contribution >= 4 is 0 Å². The lowest BCUT2D eigenvalue weighted by molar-refractivity contribution is 0.0494. The van der Waals surface area contributed by atoms with Crippen LogP contribution in [0.4, 0.5) is 0 Å². The lowest BCUT2D eigenvalue weighted by atomic mass is 9.92. The zero-order chi connectivity index (χ0) is 20.7. The van der Waals surface area contributed by atoms with E-state index in [9.17, 15) is 0 Å².